The van der Waals surface area contributed by atoms with Gasteiger partial charge in [0.15, 0.2) is 0 Å². The van der Waals surface area contributed by atoms with E-state index in [4.69, 9.17) is 9.68 Å². The Morgan fingerprint density at radius 2 is 2.20 bits per heavy atom. The Labute approximate surface area is 175 Å². The lowest BCUT2D eigenvalue weighted by Gasteiger charge is -2.26. The average molecular weight is 401 g/mol. The minimum absolute atomic E-state index is 0.0315. The van der Waals surface area contributed by atoms with E-state index >= 15 is 0 Å². The second-order valence-corrected chi connectivity index (χ2v) is 7.32. The maximum Gasteiger partial charge on any atom is 0.244 e. The number of carbonyl (C=O) groups is 1. The second-order valence-electron chi connectivity index (χ2n) is 7.32. The van der Waals surface area contributed by atoms with Crippen LogP contribution in [-0.2, 0) is 17.8 Å². The lowest BCUT2D eigenvalue weighted by atomic mass is 10.1. The first-order valence-corrected chi connectivity index (χ1v) is 10.0. The SMILES string of the molecule is CCc1cc(-c2cccc(C#N)c2)nn1CC(=O)N1CC=C(c2ncc(C)o2)CC1. The summed E-state index contributed by atoms with van der Waals surface area (Å²) in [6.45, 7) is 5.28. The van der Waals surface area contributed by atoms with E-state index < -0.39 is 0 Å². The highest BCUT2D eigenvalue weighted by Gasteiger charge is 2.21. The van der Waals surface area contributed by atoms with Crippen LogP contribution in [0.25, 0.3) is 16.8 Å². The van der Waals surface area contributed by atoms with Crippen molar-refractivity contribution in [3.8, 4) is 17.3 Å². The van der Waals surface area contributed by atoms with Crippen LogP contribution in [-0.4, -0.2) is 38.7 Å². The van der Waals surface area contributed by atoms with Gasteiger partial charge in [0.25, 0.3) is 0 Å². The normalized spacial score (nSPS) is 13.8. The molecule has 0 unspecified atom stereocenters. The highest BCUT2D eigenvalue weighted by atomic mass is 16.4. The molecule has 7 nitrogen and oxygen atoms in total. The molecule has 152 valence electrons. The molecule has 1 aromatic carbocycles. The Kier molecular flexibility index (Phi) is 5.48. The summed E-state index contributed by atoms with van der Waals surface area (Å²) in [5.74, 6) is 1.46. The van der Waals surface area contributed by atoms with Gasteiger partial charge in [0.1, 0.15) is 12.3 Å². The van der Waals surface area contributed by atoms with Gasteiger partial charge >= 0.3 is 0 Å². The fourth-order valence-corrected chi connectivity index (χ4v) is 3.59. The summed E-state index contributed by atoms with van der Waals surface area (Å²) >= 11 is 0. The van der Waals surface area contributed by atoms with Crippen molar-refractivity contribution in [3.05, 3.63) is 65.5 Å². The topological polar surface area (TPSA) is 88.0 Å². The third-order valence-electron chi connectivity index (χ3n) is 5.26. The Bertz CT molecular complexity index is 1150. The van der Waals surface area contributed by atoms with Gasteiger partial charge in [0, 0.05) is 29.9 Å². The highest BCUT2D eigenvalue weighted by molar-refractivity contribution is 5.77. The quantitative estimate of drug-likeness (QED) is 0.652. The molecule has 0 spiro atoms. The first-order valence-electron chi connectivity index (χ1n) is 10.0. The molecule has 1 aliphatic rings. The van der Waals surface area contributed by atoms with E-state index in [9.17, 15) is 4.79 Å². The van der Waals surface area contributed by atoms with Crippen LogP contribution in [0.3, 0.4) is 0 Å². The summed E-state index contributed by atoms with van der Waals surface area (Å²) in [4.78, 5) is 19.0. The van der Waals surface area contributed by atoms with E-state index in [1.54, 1.807) is 16.9 Å². The van der Waals surface area contributed by atoms with Crippen molar-refractivity contribution in [2.45, 2.75) is 33.2 Å². The number of hydrogen-bond acceptors (Lipinski definition) is 5. The smallest absolute Gasteiger partial charge is 0.244 e. The monoisotopic (exact) mass is 401 g/mol. The lowest BCUT2D eigenvalue weighted by molar-refractivity contribution is -0.131. The molecular weight excluding hydrogens is 378 g/mol. The van der Waals surface area contributed by atoms with E-state index in [1.165, 1.54) is 0 Å². The second kappa shape index (κ2) is 8.37. The molecule has 0 saturated carbocycles. The van der Waals surface area contributed by atoms with Crippen molar-refractivity contribution in [2.75, 3.05) is 13.1 Å². The fourth-order valence-electron chi connectivity index (χ4n) is 3.59. The molecule has 0 saturated heterocycles. The van der Waals surface area contributed by atoms with E-state index in [-0.39, 0.29) is 12.5 Å². The van der Waals surface area contributed by atoms with Crippen LogP contribution in [0.1, 0.15) is 36.3 Å². The van der Waals surface area contributed by atoms with Crippen molar-refractivity contribution >= 4 is 11.5 Å². The predicted molar refractivity (Wildman–Crippen MR) is 112 cm³/mol. The predicted octanol–water partition coefficient (Wildman–Crippen LogP) is 3.60. The number of amides is 1. The van der Waals surface area contributed by atoms with Crippen LogP contribution in [0.4, 0.5) is 0 Å². The Morgan fingerprint density at radius 1 is 1.33 bits per heavy atom. The van der Waals surface area contributed by atoms with Gasteiger partial charge in [-0.3, -0.25) is 9.48 Å². The van der Waals surface area contributed by atoms with Crippen LogP contribution in [0, 0.1) is 18.3 Å². The van der Waals surface area contributed by atoms with Gasteiger partial charge in [-0.2, -0.15) is 10.4 Å². The minimum Gasteiger partial charge on any atom is -0.442 e. The molecule has 1 amide bonds. The van der Waals surface area contributed by atoms with Crippen LogP contribution >= 0.6 is 0 Å². The van der Waals surface area contributed by atoms with Crippen molar-refractivity contribution in [2.24, 2.45) is 0 Å². The lowest BCUT2D eigenvalue weighted by Crippen LogP contribution is -2.37. The van der Waals surface area contributed by atoms with Crippen molar-refractivity contribution in [3.63, 3.8) is 0 Å². The molecule has 3 aromatic rings. The molecule has 0 N–H and O–H groups in total. The van der Waals surface area contributed by atoms with Gasteiger partial charge in [-0.1, -0.05) is 25.1 Å². The molecule has 0 bridgehead atoms. The minimum atomic E-state index is 0.0315. The summed E-state index contributed by atoms with van der Waals surface area (Å²) in [5.41, 5.74) is 4.27. The first kappa shape index (κ1) is 19.6. The summed E-state index contributed by atoms with van der Waals surface area (Å²) in [6.07, 6.45) is 5.21. The third-order valence-corrected chi connectivity index (χ3v) is 5.26. The molecule has 0 radical (unpaired) electrons. The number of rotatable bonds is 5. The first-order chi connectivity index (χ1) is 14.6. The van der Waals surface area contributed by atoms with E-state index in [0.717, 1.165) is 41.1 Å². The van der Waals surface area contributed by atoms with Crippen LogP contribution in [0.15, 0.2) is 47.0 Å². The summed E-state index contributed by atoms with van der Waals surface area (Å²) in [6, 6.07) is 11.5. The molecule has 0 atom stereocenters. The number of aryl methyl sites for hydroxylation is 2. The van der Waals surface area contributed by atoms with Crippen LogP contribution < -0.4 is 0 Å². The number of nitriles is 1. The molecule has 1 aliphatic heterocycles. The van der Waals surface area contributed by atoms with Gasteiger partial charge in [-0.25, -0.2) is 4.98 Å². The number of aromatic nitrogens is 3. The van der Waals surface area contributed by atoms with E-state index in [0.29, 0.717) is 24.5 Å². The Balaban J connectivity index is 1.47. The Morgan fingerprint density at radius 3 is 2.87 bits per heavy atom. The fraction of sp³-hybridized carbons (Fsp3) is 0.304. The highest BCUT2D eigenvalue weighted by Crippen LogP contribution is 2.23. The van der Waals surface area contributed by atoms with E-state index in [1.807, 2.05) is 49.1 Å². The van der Waals surface area contributed by atoms with Gasteiger partial charge in [0.2, 0.25) is 11.8 Å². The maximum atomic E-state index is 12.9. The molecule has 3 heterocycles. The van der Waals surface area contributed by atoms with Crippen LogP contribution in [0.2, 0.25) is 0 Å². The Hall–Kier alpha value is -3.66. The number of oxazole rings is 1. The standard InChI is InChI=1S/C23H23N5O2/c1-3-20-12-21(19-6-4-5-17(11-19)13-24)26-28(20)15-22(29)27-9-7-18(8-10-27)23-25-14-16(2)30-23/h4-7,11-12,14H,3,8-10,15H2,1-2H3. The number of hydrogen-bond donors (Lipinski definition) is 0. The van der Waals surface area contributed by atoms with Gasteiger partial charge in [-0.05, 0) is 38.0 Å². The van der Waals surface area contributed by atoms with Gasteiger partial charge < -0.3 is 9.32 Å². The van der Waals surface area contributed by atoms with Crippen LogP contribution in [0.5, 0.6) is 0 Å². The van der Waals surface area contributed by atoms with Crippen molar-refractivity contribution < 1.29 is 9.21 Å². The summed E-state index contributed by atoms with van der Waals surface area (Å²) in [5, 5.41) is 13.8. The zero-order valence-electron chi connectivity index (χ0n) is 17.1. The molecule has 4 rings (SSSR count). The zero-order chi connectivity index (χ0) is 21.1. The molecule has 7 heteroatoms. The van der Waals surface area contributed by atoms with Crippen molar-refractivity contribution in [1.82, 2.24) is 19.7 Å². The zero-order valence-corrected chi connectivity index (χ0v) is 17.1. The largest absolute Gasteiger partial charge is 0.442 e. The van der Waals surface area contributed by atoms with Gasteiger partial charge in [-0.15, -0.1) is 0 Å². The summed E-state index contributed by atoms with van der Waals surface area (Å²) < 4.78 is 7.36. The maximum absolute atomic E-state index is 12.9. The summed E-state index contributed by atoms with van der Waals surface area (Å²) in [7, 11) is 0. The number of carbonyl (C=O) groups excluding carboxylic acids is 1. The number of nitrogens with zero attached hydrogens (tertiary/aromatic N) is 5. The molecule has 30 heavy (non-hydrogen) atoms. The third kappa shape index (κ3) is 4.03. The van der Waals surface area contributed by atoms with E-state index in [2.05, 4.69) is 16.2 Å². The average Bonchev–Trinajstić information content (AvgIpc) is 3.40. The molecule has 0 aliphatic carbocycles. The van der Waals surface area contributed by atoms with Gasteiger partial charge in [0.05, 0.1) is 23.5 Å². The van der Waals surface area contributed by atoms with Crippen molar-refractivity contribution in [1.29, 1.82) is 5.26 Å². The molecule has 2 aromatic heterocycles. The molecule has 0 fully saturated rings. The number of benzene rings is 1. The molecular formula is C23H23N5O2.